The second-order valence-corrected chi connectivity index (χ2v) is 13.9. The van der Waals surface area contributed by atoms with Crippen molar-refractivity contribution in [2.75, 3.05) is 6.61 Å². The van der Waals surface area contributed by atoms with E-state index >= 15 is 0 Å². The molecule has 1 saturated heterocycles. The van der Waals surface area contributed by atoms with E-state index in [1.54, 1.807) is 10.9 Å². The molecule has 3 rings (SSSR count). The minimum Gasteiger partial charge on any atom is -0.559 e. The summed E-state index contributed by atoms with van der Waals surface area (Å²) in [5.41, 5.74) is 0.562. The lowest BCUT2D eigenvalue weighted by Crippen LogP contribution is -2.55. The van der Waals surface area contributed by atoms with Crippen LogP contribution in [0, 0.1) is 0 Å². The third kappa shape index (κ3) is 3.61. The number of nitrogens with one attached hydrogen (secondary N) is 1. The molecule has 2 aromatic rings. The molecule has 0 aromatic carbocycles. The van der Waals surface area contributed by atoms with E-state index in [0.717, 1.165) is 12.8 Å². The van der Waals surface area contributed by atoms with Gasteiger partial charge in [0.15, 0.2) is 11.2 Å². The second-order valence-electron chi connectivity index (χ2n) is 9.30. The fraction of sp³-hybridized carbons (Fsp3) is 0.722. The smallest absolute Gasteiger partial charge is 0.278 e. The van der Waals surface area contributed by atoms with Crippen molar-refractivity contribution in [2.45, 2.75) is 76.8 Å². The number of H-pyrrole nitrogens is 1. The lowest BCUT2D eigenvalue weighted by molar-refractivity contribution is -0.0243. The molecule has 2 N–H and O–H groups in total. The van der Waals surface area contributed by atoms with Gasteiger partial charge in [0.25, 0.3) is 5.56 Å². The minimum absolute atomic E-state index is 0.113. The van der Waals surface area contributed by atoms with E-state index in [0.29, 0.717) is 17.8 Å². The van der Waals surface area contributed by atoms with Gasteiger partial charge in [0, 0.05) is 6.61 Å². The number of hydrogen-bond acceptors (Lipinski definition) is 6. The first-order chi connectivity index (χ1) is 12.4. The molecule has 3 heterocycles. The van der Waals surface area contributed by atoms with Gasteiger partial charge in [-0.2, -0.15) is 0 Å². The number of aromatic amines is 1. The van der Waals surface area contributed by atoms with Crippen molar-refractivity contribution in [3.05, 3.63) is 23.0 Å². The van der Waals surface area contributed by atoms with E-state index in [1.165, 1.54) is 6.33 Å². The van der Waals surface area contributed by atoms with Gasteiger partial charge < -0.3 is 18.9 Å². The molecular weight excluding hydrogens is 364 g/mol. The molecule has 1 aliphatic rings. The summed E-state index contributed by atoms with van der Waals surface area (Å²) < 4.78 is 14.1. The first-order valence-corrected chi connectivity index (χ1v) is 11.2. The average molecular weight is 395 g/mol. The molecule has 8 nitrogen and oxygen atoms in total. The largest absolute Gasteiger partial charge is 0.559 e. The van der Waals surface area contributed by atoms with Gasteiger partial charge in [-0.25, -0.2) is 9.97 Å². The van der Waals surface area contributed by atoms with Gasteiger partial charge in [0.05, 0.1) is 18.8 Å². The van der Waals surface area contributed by atoms with Crippen molar-refractivity contribution in [2.24, 2.45) is 0 Å². The van der Waals surface area contributed by atoms with Crippen molar-refractivity contribution in [3.8, 4) is 0 Å². The van der Waals surface area contributed by atoms with Crippen molar-refractivity contribution in [1.29, 1.82) is 0 Å². The Kier molecular flexibility index (Phi) is 5.09. The van der Waals surface area contributed by atoms with Crippen LogP contribution >= 0.6 is 0 Å². The van der Waals surface area contributed by atoms with E-state index < -0.39 is 8.56 Å². The minimum atomic E-state index is -3.02. The summed E-state index contributed by atoms with van der Waals surface area (Å²) in [5, 5.41) is -0.622. The quantitative estimate of drug-likeness (QED) is 0.773. The third-order valence-electron chi connectivity index (χ3n) is 5.27. The van der Waals surface area contributed by atoms with Crippen LogP contribution in [-0.4, -0.2) is 45.6 Å². The van der Waals surface area contributed by atoms with Gasteiger partial charge in [-0.1, -0.05) is 51.6 Å². The van der Waals surface area contributed by atoms with Crippen LogP contribution in [0.25, 0.3) is 11.2 Å². The Morgan fingerprint density at radius 1 is 1.26 bits per heavy atom. The molecule has 151 valence electrons. The van der Waals surface area contributed by atoms with E-state index in [4.69, 9.17) is 9.16 Å². The highest BCUT2D eigenvalue weighted by molar-refractivity contribution is 6.72. The maximum Gasteiger partial charge on any atom is 0.278 e. The maximum atomic E-state index is 11.8. The van der Waals surface area contributed by atoms with Crippen molar-refractivity contribution in [3.63, 3.8) is 0 Å². The lowest BCUT2D eigenvalue weighted by Gasteiger charge is -2.57. The van der Waals surface area contributed by atoms with Crippen LogP contribution in [0.4, 0.5) is 0 Å². The Bertz CT molecular complexity index is 851. The Balaban J connectivity index is 1.71. The van der Waals surface area contributed by atoms with Crippen LogP contribution in [0.3, 0.4) is 0 Å². The normalized spacial score (nSPS) is 21.9. The van der Waals surface area contributed by atoms with Crippen LogP contribution in [0.1, 0.15) is 60.6 Å². The maximum absolute atomic E-state index is 11.8. The van der Waals surface area contributed by atoms with E-state index in [-0.39, 0.29) is 28.0 Å². The monoisotopic (exact) mass is 394 g/mol. The first-order valence-electron chi connectivity index (χ1n) is 9.36. The number of aromatic nitrogens is 4. The third-order valence-corrected chi connectivity index (χ3v) is 9.92. The predicted octanol–water partition coefficient (Wildman–Crippen LogP) is 2.85. The molecule has 0 radical (unpaired) electrons. The van der Waals surface area contributed by atoms with Crippen LogP contribution in [-0.2, 0) is 9.16 Å². The fourth-order valence-electron chi connectivity index (χ4n) is 3.86. The molecule has 0 aliphatic carbocycles. The van der Waals surface area contributed by atoms with Crippen molar-refractivity contribution in [1.82, 2.24) is 19.5 Å². The van der Waals surface area contributed by atoms with Crippen LogP contribution in [0.15, 0.2) is 17.4 Å². The molecule has 27 heavy (non-hydrogen) atoms. The van der Waals surface area contributed by atoms with Crippen LogP contribution in [0.5, 0.6) is 0 Å². The molecule has 2 aromatic heterocycles. The topological polar surface area (TPSA) is 102 Å². The molecule has 1 aliphatic heterocycles. The number of imidazole rings is 1. The molecule has 1 fully saturated rings. The molecule has 0 saturated carbocycles. The Morgan fingerprint density at radius 3 is 2.56 bits per heavy atom. The zero-order valence-electron chi connectivity index (χ0n) is 16.9. The SMILES string of the molecule is CC(C)(C)[Si-](O)(OCC1CCC(n2cnc3c(=O)[nH]cnc32)O1)C(C)(C)C. The Morgan fingerprint density at radius 2 is 1.93 bits per heavy atom. The average Bonchev–Trinajstić information content (AvgIpc) is 3.17. The highest BCUT2D eigenvalue weighted by Crippen LogP contribution is 2.50. The number of rotatable bonds is 4. The molecule has 0 bridgehead atoms. The summed E-state index contributed by atoms with van der Waals surface area (Å²) in [6.45, 7) is 12.5. The van der Waals surface area contributed by atoms with Gasteiger partial charge in [-0.15, -0.1) is 0 Å². The van der Waals surface area contributed by atoms with E-state index in [1.807, 2.05) is 41.5 Å². The fourth-order valence-corrected chi connectivity index (χ4v) is 7.40. The van der Waals surface area contributed by atoms with E-state index in [2.05, 4.69) is 15.0 Å². The van der Waals surface area contributed by atoms with Crippen molar-refractivity contribution < 1.29 is 14.0 Å². The predicted molar refractivity (Wildman–Crippen MR) is 105 cm³/mol. The zero-order chi connectivity index (χ0) is 20.0. The summed E-state index contributed by atoms with van der Waals surface area (Å²) >= 11 is 0. The van der Waals surface area contributed by atoms with Gasteiger partial charge in [-0.05, 0) is 12.8 Å². The molecule has 2 atom stereocenters. The highest BCUT2D eigenvalue weighted by Gasteiger charge is 2.43. The zero-order valence-corrected chi connectivity index (χ0v) is 17.9. The standard InChI is InChI=1S/C18H30N4O4Si/c1-17(2,3)27(24,18(4,5)6)25-9-12-7-8-13(26-12)22-11-21-14-15(22)19-10-20-16(14)23/h10-13,24H,7-9H2,1-6H3,(H,19,20,23)/q-1. The molecule has 2 unspecified atom stereocenters. The summed E-state index contributed by atoms with van der Waals surface area (Å²) in [4.78, 5) is 34.1. The summed E-state index contributed by atoms with van der Waals surface area (Å²) in [7, 11) is -3.02. The Labute approximate surface area is 160 Å². The summed E-state index contributed by atoms with van der Waals surface area (Å²) in [6, 6.07) is 0. The highest BCUT2D eigenvalue weighted by atomic mass is 28.4. The second kappa shape index (κ2) is 6.80. The van der Waals surface area contributed by atoms with Crippen molar-refractivity contribution >= 4 is 19.7 Å². The first kappa shape index (κ1) is 20.2. The lowest BCUT2D eigenvalue weighted by atomic mass is 10.2. The van der Waals surface area contributed by atoms with Gasteiger partial charge >= 0.3 is 0 Å². The molecule has 0 amide bonds. The number of hydrogen-bond donors (Lipinski definition) is 2. The van der Waals surface area contributed by atoms with Crippen LogP contribution < -0.4 is 5.56 Å². The van der Waals surface area contributed by atoms with E-state index in [9.17, 15) is 9.59 Å². The van der Waals surface area contributed by atoms with Crippen LogP contribution in [0.2, 0.25) is 10.1 Å². The summed E-state index contributed by atoms with van der Waals surface area (Å²) in [5.74, 6) is 0. The molecular formula is C18H30N4O4Si-. The number of fused-ring (bicyclic) bond motifs is 1. The van der Waals surface area contributed by atoms with Gasteiger partial charge in [-0.3, -0.25) is 9.36 Å². The molecule has 9 heteroatoms. The summed E-state index contributed by atoms with van der Waals surface area (Å²) in [6.07, 6.45) is 4.20. The van der Waals surface area contributed by atoms with Gasteiger partial charge in [0.2, 0.25) is 0 Å². The number of nitrogens with zero attached hydrogens (tertiary/aromatic N) is 3. The Hall–Kier alpha value is -1.55. The van der Waals surface area contributed by atoms with Gasteiger partial charge in [0.1, 0.15) is 14.8 Å². The molecule has 0 spiro atoms. The number of ether oxygens (including phenoxy) is 1.